The second-order valence-corrected chi connectivity index (χ2v) is 11.6. The number of carbonyl (C=O) groups excluding carboxylic acids is 1. The molecule has 1 aliphatic heterocycles. The average Bonchev–Trinajstić information content (AvgIpc) is 3.48. The molecular weight excluding hydrogens is 657 g/mol. The number of benzene rings is 2. The molecule has 0 unspecified atom stereocenters. The number of carbonyl (C=O) groups is 3. The van der Waals surface area contributed by atoms with Crippen LogP contribution in [0.4, 0.5) is 18.9 Å². The van der Waals surface area contributed by atoms with E-state index in [1.54, 1.807) is 32.2 Å². The Balaban J connectivity index is 0.000000630. The van der Waals surface area contributed by atoms with Gasteiger partial charge in [0.1, 0.15) is 11.7 Å². The van der Waals surface area contributed by atoms with E-state index in [0.29, 0.717) is 30.1 Å². The third-order valence-electron chi connectivity index (χ3n) is 7.79. The molecule has 1 amide bonds. The van der Waals surface area contributed by atoms with Crippen LogP contribution in [0, 0.1) is 5.92 Å². The summed E-state index contributed by atoms with van der Waals surface area (Å²) in [5.74, 6) is -4.52. The van der Waals surface area contributed by atoms with Gasteiger partial charge in [0.25, 0.3) is 5.91 Å². The maximum absolute atomic E-state index is 12.9. The molecular formula is C35H33F3N6O6. The molecule has 15 heteroatoms. The Bertz CT molecular complexity index is 2040. The van der Waals surface area contributed by atoms with Gasteiger partial charge in [-0.3, -0.25) is 4.79 Å². The number of carboxylic acid groups (broad SMARTS) is 2. The van der Waals surface area contributed by atoms with E-state index >= 15 is 0 Å². The van der Waals surface area contributed by atoms with Gasteiger partial charge in [-0.1, -0.05) is 50.2 Å². The number of aromatic nitrogens is 4. The maximum atomic E-state index is 12.9. The second-order valence-electron chi connectivity index (χ2n) is 11.6. The summed E-state index contributed by atoms with van der Waals surface area (Å²) in [4.78, 5) is 45.4. The lowest BCUT2D eigenvalue weighted by Gasteiger charge is -2.28. The van der Waals surface area contributed by atoms with Crippen LogP contribution in [-0.4, -0.2) is 86.2 Å². The summed E-state index contributed by atoms with van der Waals surface area (Å²) in [6.45, 7) is 6.31. The van der Waals surface area contributed by atoms with Crippen molar-refractivity contribution in [2.24, 2.45) is 5.92 Å². The molecule has 2 aromatic carbocycles. The SMILES string of the molecule is CC(C)[C@H](NC(=O)c1ccc(-c2c(/C=C/c3ccc4ccccc4n3)nc3c(N4CCOCC4)ccnn23)cc1)C(=O)O.O=C(O)C(F)(F)F. The summed E-state index contributed by atoms with van der Waals surface area (Å²) in [5, 5.41) is 25.0. The third kappa shape index (κ3) is 8.23. The highest BCUT2D eigenvalue weighted by Gasteiger charge is 2.38. The molecule has 6 rings (SSSR count). The van der Waals surface area contributed by atoms with Crippen molar-refractivity contribution in [3.05, 3.63) is 89.9 Å². The van der Waals surface area contributed by atoms with Gasteiger partial charge in [-0.25, -0.2) is 24.1 Å². The topological polar surface area (TPSA) is 159 Å². The number of fused-ring (bicyclic) bond motifs is 2. The van der Waals surface area contributed by atoms with Crippen molar-refractivity contribution in [2.75, 3.05) is 31.2 Å². The maximum Gasteiger partial charge on any atom is 0.490 e. The molecule has 0 radical (unpaired) electrons. The zero-order valence-electron chi connectivity index (χ0n) is 27.0. The zero-order valence-corrected chi connectivity index (χ0v) is 27.0. The van der Waals surface area contributed by atoms with Crippen LogP contribution in [0.25, 0.3) is 40.0 Å². The molecule has 0 spiro atoms. The van der Waals surface area contributed by atoms with Gasteiger partial charge in [-0.2, -0.15) is 18.3 Å². The fourth-order valence-corrected chi connectivity index (χ4v) is 5.25. The fourth-order valence-electron chi connectivity index (χ4n) is 5.25. The van der Waals surface area contributed by atoms with Crippen LogP contribution < -0.4 is 10.2 Å². The Labute approximate surface area is 283 Å². The van der Waals surface area contributed by atoms with E-state index in [0.717, 1.165) is 46.6 Å². The van der Waals surface area contributed by atoms with Gasteiger partial charge in [0.05, 0.1) is 42.0 Å². The molecule has 5 aromatic rings. The predicted molar refractivity (Wildman–Crippen MR) is 180 cm³/mol. The smallest absolute Gasteiger partial charge is 0.480 e. The molecule has 0 bridgehead atoms. The van der Waals surface area contributed by atoms with E-state index in [-0.39, 0.29) is 5.92 Å². The molecule has 1 fully saturated rings. The molecule has 1 aliphatic rings. The van der Waals surface area contributed by atoms with Crippen molar-refractivity contribution in [3.63, 3.8) is 0 Å². The Morgan fingerprint density at radius 2 is 1.60 bits per heavy atom. The Kier molecular flexibility index (Phi) is 10.8. The Hall–Kier alpha value is -5.83. The van der Waals surface area contributed by atoms with E-state index in [2.05, 4.69) is 15.3 Å². The number of halogens is 3. The number of rotatable bonds is 8. The van der Waals surface area contributed by atoms with Crippen molar-refractivity contribution >= 4 is 52.2 Å². The van der Waals surface area contributed by atoms with Crippen LogP contribution >= 0.6 is 0 Å². The number of nitrogens with zero attached hydrogens (tertiary/aromatic N) is 5. The number of amides is 1. The number of pyridine rings is 1. The van der Waals surface area contributed by atoms with Crippen LogP contribution in [0.15, 0.2) is 72.9 Å². The van der Waals surface area contributed by atoms with E-state index < -0.39 is 30.1 Å². The van der Waals surface area contributed by atoms with Gasteiger partial charge in [-0.05, 0) is 48.4 Å². The highest BCUT2D eigenvalue weighted by Crippen LogP contribution is 2.31. The first-order chi connectivity index (χ1) is 23.8. The number of carboxylic acids is 2. The molecule has 0 aliphatic carbocycles. The van der Waals surface area contributed by atoms with Gasteiger partial charge in [0, 0.05) is 29.6 Å². The summed E-state index contributed by atoms with van der Waals surface area (Å²) >= 11 is 0. The fraction of sp³-hybridized carbons (Fsp3) is 0.257. The third-order valence-corrected chi connectivity index (χ3v) is 7.79. The van der Waals surface area contributed by atoms with Crippen LogP contribution in [0.5, 0.6) is 0 Å². The van der Waals surface area contributed by atoms with E-state index in [9.17, 15) is 27.9 Å². The molecule has 4 heterocycles. The van der Waals surface area contributed by atoms with Crippen molar-refractivity contribution < 1.29 is 42.5 Å². The minimum absolute atomic E-state index is 0.253. The molecule has 12 nitrogen and oxygen atoms in total. The highest BCUT2D eigenvalue weighted by atomic mass is 19.4. The van der Waals surface area contributed by atoms with Crippen LogP contribution in [0.2, 0.25) is 0 Å². The number of anilines is 1. The summed E-state index contributed by atoms with van der Waals surface area (Å²) in [6.07, 6.45) is 0.554. The van der Waals surface area contributed by atoms with Gasteiger partial charge < -0.3 is 25.2 Å². The first-order valence-corrected chi connectivity index (χ1v) is 15.5. The number of imidazole rings is 1. The summed E-state index contributed by atoms with van der Waals surface area (Å²) in [5.41, 5.74) is 6.02. The number of nitrogens with one attached hydrogen (secondary N) is 1. The van der Waals surface area contributed by atoms with E-state index in [1.807, 2.05) is 71.3 Å². The summed E-state index contributed by atoms with van der Waals surface area (Å²) < 4.78 is 39.1. The van der Waals surface area contributed by atoms with Gasteiger partial charge in [0.2, 0.25) is 0 Å². The summed E-state index contributed by atoms with van der Waals surface area (Å²) in [6, 6.07) is 20.0. The Morgan fingerprint density at radius 3 is 2.24 bits per heavy atom. The van der Waals surface area contributed by atoms with Crippen LogP contribution in [0.3, 0.4) is 0 Å². The number of aliphatic carboxylic acids is 2. The quantitative estimate of drug-likeness (QED) is 0.192. The number of alkyl halides is 3. The minimum Gasteiger partial charge on any atom is -0.480 e. The lowest BCUT2D eigenvalue weighted by molar-refractivity contribution is -0.192. The van der Waals surface area contributed by atoms with Crippen molar-refractivity contribution in [2.45, 2.75) is 26.1 Å². The molecule has 3 N–H and O–H groups in total. The number of morpholine rings is 1. The van der Waals surface area contributed by atoms with Crippen LogP contribution in [0.1, 0.15) is 35.6 Å². The normalized spacial score (nSPS) is 14.1. The van der Waals surface area contributed by atoms with Crippen LogP contribution in [-0.2, 0) is 14.3 Å². The average molecular weight is 691 g/mol. The molecule has 0 saturated carbocycles. The number of hydrogen-bond acceptors (Lipinski definition) is 8. The first kappa shape index (κ1) is 35.5. The van der Waals surface area contributed by atoms with Crippen molar-refractivity contribution in [3.8, 4) is 11.3 Å². The Morgan fingerprint density at radius 1 is 0.920 bits per heavy atom. The zero-order chi connectivity index (χ0) is 36.0. The standard InChI is InChI=1S/C33H32N6O4.C2HF3O2/c1-21(2)29(33(41)42)37-32(40)24-9-7-23(8-10-24)30-27(14-13-25-12-11-22-5-3-4-6-26(22)35-25)36-31-28(15-16-34-39(30)31)38-17-19-43-20-18-38;3-2(4,5)1(6)7/h3-16,21,29H,17-20H2,1-2H3,(H,37,40)(H,41,42);(H,6,7)/b14-13+;/t29-;/m0./s1. The molecule has 260 valence electrons. The number of ether oxygens (including phenoxy) is 1. The molecule has 50 heavy (non-hydrogen) atoms. The number of para-hydroxylation sites is 1. The lowest BCUT2D eigenvalue weighted by atomic mass is 10.0. The molecule has 3 aromatic heterocycles. The van der Waals surface area contributed by atoms with Gasteiger partial charge >= 0.3 is 18.1 Å². The van der Waals surface area contributed by atoms with E-state index in [4.69, 9.17) is 24.6 Å². The largest absolute Gasteiger partial charge is 0.490 e. The molecule has 1 atom stereocenters. The number of hydrogen-bond donors (Lipinski definition) is 3. The second kappa shape index (κ2) is 15.2. The van der Waals surface area contributed by atoms with Gasteiger partial charge in [-0.15, -0.1) is 0 Å². The van der Waals surface area contributed by atoms with Gasteiger partial charge in [0.15, 0.2) is 5.65 Å². The lowest BCUT2D eigenvalue weighted by Crippen LogP contribution is -2.44. The summed E-state index contributed by atoms with van der Waals surface area (Å²) in [7, 11) is 0. The molecule has 1 saturated heterocycles. The van der Waals surface area contributed by atoms with E-state index in [1.165, 1.54) is 0 Å². The van der Waals surface area contributed by atoms with Crippen molar-refractivity contribution in [1.82, 2.24) is 24.9 Å². The first-order valence-electron chi connectivity index (χ1n) is 15.5. The monoisotopic (exact) mass is 690 g/mol. The minimum atomic E-state index is -5.08. The predicted octanol–water partition coefficient (Wildman–Crippen LogP) is 5.42. The highest BCUT2D eigenvalue weighted by molar-refractivity contribution is 5.97. The van der Waals surface area contributed by atoms with Crippen molar-refractivity contribution in [1.29, 1.82) is 0 Å².